The van der Waals surface area contributed by atoms with E-state index in [2.05, 4.69) is 0 Å². The highest BCUT2D eigenvalue weighted by molar-refractivity contribution is 5.80. The monoisotopic (exact) mass is 411 g/mol. The zero-order chi connectivity index (χ0) is 21.3. The standard InChI is InChI=1S/C24H29NO5/c1-29-21-9-5-3-7-16(21)13-23(27)25-14-17-19(15-25)24(28,12-11-20(17)26)18-8-4-6-10-22(18)30-2/h3-10,17,19-20,26,28H,11-15H2,1-2H3. The van der Waals surface area contributed by atoms with Crippen LogP contribution in [0.3, 0.4) is 0 Å². The van der Waals surface area contributed by atoms with Crippen LogP contribution in [-0.4, -0.2) is 54.4 Å². The molecule has 1 saturated heterocycles. The van der Waals surface area contributed by atoms with Crippen molar-refractivity contribution in [2.45, 2.75) is 31.0 Å². The van der Waals surface area contributed by atoms with Crippen molar-refractivity contribution in [1.82, 2.24) is 4.90 Å². The maximum Gasteiger partial charge on any atom is 0.227 e. The van der Waals surface area contributed by atoms with Crippen molar-refractivity contribution in [1.29, 1.82) is 0 Å². The zero-order valence-electron chi connectivity index (χ0n) is 17.5. The van der Waals surface area contributed by atoms with Gasteiger partial charge >= 0.3 is 0 Å². The molecule has 4 atom stereocenters. The lowest BCUT2D eigenvalue weighted by Gasteiger charge is -2.44. The Balaban J connectivity index is 1.59. The second-order valence-corrected chi connectivity index (χ2v) is 8.29. The van der Waals surface area contributed by atoms with Gasteiger partial charge in [0.2, 0.25) is 5.91 Å². The van der Waals surface area contributed by atoms with Gasteiger partial charge in [0.15, 0.2) is 0 Å². The van der Waals surface area contributed by atoms with Crippen LogP contribution in [0, 0.1) is 11.8 Å². The fraction of sp³-hybridized carbons (Fsp3) is 0.458. The molecular weight excluding hydrogens is 382 g/mol. The fourth-order valence-electron chi connectivity index (χ4n) is 5.16. The van der Waals surface area contributed by atoms with Crippen molar-refractivity contribution in [2.24, 2.45) is 11.8 Å². The predicted molar refractivity (Wildman–Crippen MR) is 112 cm³/mol. The number of rotatable bonds is 5. The number of ether oxygens (including phenoxy) is 2. The minimum absolute atomic E-state index is 0.0246. The molecule has 0 bridgehead atoms. The molecule has 1 amide bonds. The Morgan fingerprint density at radius 2 is 1.73 bits per heavy atom. The summed E-state index contributed by atoms with van der Waals surface area (Å²) in [5, 5.41) is 22.4. The van der Waals surface area contributed by atoms with Gasteiger partial charge in [-0.2, -0.15) is 0 Å². The second kappa shape index (κ2) is 8.28. The first-order chi connectivity index (χ1) is 14.5. The van der Waals surface area contributed by atoms with Crippen molar-refractivity contribution in [3.05, 3.63) is 59.7 Å². The number of methoxy groups -OCH3 is 2. The Labute approximate surface area is 177 Å². The van der Waals surface area contributed by atoms with Gasteiger partial charge in [0.1, 0.15) is 11.5 Å². The lowest BCUT2D eigenvalue weighted by Crippen LogP contribution is -2.48. The molecule has 0 radical (unpaired) electrons. The Bertz CT molecular complexity index is 916. The number of nitrogens with zero attached hydrogens (tertiary/aromatic N) is 1. The average molecular weight is 411 g/mol. The smallest absolute Gasteiger partial charge is 0.227 e. The minimum Gasteiger partial charge on any atom is -0.496 e. The number of aliphatic hydroxyl groups is 2. The molecule has 6 heteroatoms. The molecule has 1 aliphatic heterocycles. The fourth-order valence-corrected chi connectivity index (χ4v) is 5.16. The van der Waals surface area contributed by atoms with E-state index in [9.17, 15) is 15.0 Å². The highest BCUT2D eigenvalue weighted by Gasteiger charge is 2.54. The molecule has 2 fully saturated rings. The first kappa shape index (κ1) is 20.7. The van der Waals surface area contributed by atoms with E-state index in [1.165, 1.54) is 0 Å². The summed E-state index contributed by atoms with van der Waals surface area (Å²) in [6.45, 7) is 0.849. The van der Waals surface area contributed by atoms with Crippen LogP contribution in [0.15, 0.2) is 48.5 Å². The summed E-state index contributed by atoms with van der Waals surface area (Å²) in [5.41, 5.74) is 0.421. The summed E-state index contributed by atoms with van der Waals surface area (Å²) in [6, 6.07) is 15.0. The van der Waals surface area contributed by atoms with Gasteiger partial charge in [-0.05, 0) is 25.0 Å². The van der Waals surface area contributed by atoms with E-state index < -0.39 is 11.7 Å². The van der Waals surface area contributed by atoms with E-state index in [0.717, 1.165) is 11.1 Å². The number of para-hydroxylation sites is 2. The maximum atomic E-state index is 13.1. The third-order valence-corrected chi connectivity index (χ3v) is 6.75. The summed E-state index contributed by atoms with van der Waals surface area (Å²) in [7, 11) is 3.19. The van der Waals surface area contributed by atoms with Gasteiger partial charge in [0.25, 0.3) is 0 Å². The average Bonchev–Trinajstić information content (AvgIpc) is 3.24. The molecule has 2 N–H and O–H groups in total. The van der Waals surface area contributed by atoms with E-state index in [1.54, 1.807) is 19.1 Å². The van der Waals surface area contributed by atoms with Gasteiger partial charge in [-0.1, -0.05) is 36.4 Å². The van der Waals surface area contributed by atoms with Gasteiger partial charge in [-0.3, -0.25) is 4.79 Å². The van der Waals surface area contributed by atoms with Gasteiger partial charge in [-0.25, -0.2) is 0 Å². The highest BCUT2D eigenvalue weighted by atomic mass is 16.5. The van der Waals surface area contributed by atoms with E-state index in [-0.39, 0.29) is 24.2 Å². The molecule has 1 heterocycles. The van der Waals surface area contributed by atoms with Crippen molar-refractivity contribution in [3.8, 4) is 11.5 Å². The minimum atomic E-state index is -1.14. The van der Waals surface area contributed by atoms with Crippen molar-refractivity contribution >= 4 is 5.91 Å². The summed E-state index contributed by atoms with van der Waals surface area (Å²) in [4.78, 5) is 14.9. The summed E-state index contributed by atoms with van der Waals surface area (Å²) in [6.07, 6.45) is 0.621. The molecule has 6 nitrogen and oxygen atoms in total. The Morgan fingerprint density at radius 1 is 1.07 bits per heavy atom. The van der Waals surface area contributed by atoms with E-state index >= 15 is 0 Å². The molecule has 30 heavy (non-hydrogen) atoms. The van der Waals surface area contributed by atoms with E-state index in [1.807, 2.05) is 48.5 Å². The number of aliphatic hydroxyl groups excluding tert-OH is 1. The van der Waals surface area contributed by atoms with E-state index in [4.69, 9.17) is 9.47 Å². The van der Waals surface area contributed by atoms with Crippen LogP contribution in [0.5, 0.6) is 11.5 Å². The number of hydrogen-bond donors (Lipinski definition) is 2. The Morgan fingerprint density at radius 3 is 2.47 bits per heavy atom. The number of benzene rings is 2. The molecule has 2 aromatic carbocycles. The van der Waals surface area contributed by atoms with Crippen LogP contribution in [0.1, 0.15) is 24.0 Å². The zero-order valence-corrected chi connectivity index (χ0v) is 17.5. The van der Waals surface area contributed by atoms with Crippen LogP contribution < -0.4 is 9.47 Å². The molecule has 2 aliphatic rings. The Hall–Kier alpha value is -2.57. The second-order valence-electron chi connectivity index (χ2n) is 8.29. The van der Waals surface area contributed by atoms with Crippen LogP contribution >= 0.6 is 0 Å². The molecular formula is C24H29NO5. The Kier molecular flexibility index (Phi) is 5.71. The maximum absolute atomic E-state index is 13.1. The molecule has 0 aromatic heterocycles. The topological polar surface area (TPSA) is 79.2 Å². The number of carbonyl (C=O) groups excluding carboxylic acids is 1. The summed E-state index contributed by atoms with van der Waals surface area (Å²) >= 11 is 0. The number of likely N-dealkylation sites (tertiary alicyclic amines) is 1. The normalized spacial score (nSPS) is 28.1. The SMILES string of the molecule is COc1ccccc1CC(=O)N1CC2C(O)CCC(O)(c3ccccc3OC)C2C1. The van der Waals surface area contributed by atoms with E-state index in [0.29, 0.717) is 37.4 Å². The van der Waals surface area contributed by atoms with Gasteiger partial charge < -0.3 is 24.6 Å². The van der Waals surface area contributed by atoms with Gasteiger partial charge in [-0.15, -0.1) is 0 Å². The predicted octanol–water partition coefficient (Wildman–Crippen LogP) is 2.36. The lowest BCUT2D eigenvalue weighted by molar-refractivity contribution is -0.130. The number of hydrogen-bond acceptors (Lipinski definition) is 5. The third kappa shape index (κ3) is 3.55. The highest BCUT2D eigenvalue weighted by Crippen LogP contribution is 2.50. The first-order valence-electron chi connectivity index (χ1n) is 10.4. The van der Waals surface area contributed by atoms with Crippen LogP contribution in [-0.2, 0) is 16.8 Å². The quantitative estimate of drug-likeness (QED) is 0.790. The molecule has 4 unspecified atom stereocenters. The van der Waals surface area contributed by atoms with Crippen molar-refractivity contribution in [3.63, 3.8) is 0 Å². The molecule has 1 aliphatic carbocycles. The number of carbonyl (C=O) groups is 1. The molecule has 2 aromatic rings. The molecule has 160 valence electrons. The molecule has 0 spiro atoms. The summed E-state index contributed by atoms with van der Waals surface area (Å²) < 4.78 is 10.9. The number of fused-ring (bicyclic) bond motifs is 1. The largest absolute Gasteiger partial charge is 0.496 e. The lowest BCUT2D eigenvalue weighted by atomic mass is 9.66. The van der Waals surface area contributed by atoms with Crippen molar-refractivity contribution < 1.29 is 24.5 Å². The number of amides is 1. The molecule has 4 rings (SSSR count). The molecule has 1 saturated carbocycles. The summed E-state index contributed by atoms with van der Waals surface area (Å²) in [5.74, 6) is 0.875. The van der Waals surface area contributed by atoms with Crippen molar-refractivity contribution in [2.75, 3.05) is 27.3 Å². The van der Waals surface area contributed by atoms with Crippen LogP contribution in [0.25, 0.3) is 0 Å². The first-order valence-corrected chi connectivity index (χ1v) is 10.4. The van der Waals surface area contributed by atoms with Crippen LogP contribution in [0.4, 0.5) is 0 Å². The third-order valence-electron chi connectivity index (χ3n) is 6.75. The van der Waals surface area contributed by atoms with Gasteiger partial charge in [0.05, 0.1) is 32.3 Å². The van der Waals surface area contributed by atoms with Gasteiger partial charge in [0, 0.05) is 36.1 Å². The van der Waals surface area contributed by atoms with Crippen LogP contribution in [0.2, 0.25) is 0 Å².